The van der Waals surface area contributed by atoms with Gasteiger partial charge in [-0.15, -0.1) is 0 Å². The van der Waals surface area contributed by atoms with Crippen LogP contribution in [0.15, 0.2) is 24.3 Å². The minimum Gasteiger partial charge on any atom is -0.391 e. The first kappa shape index (κ1) is 12.2. The van der Waals surface area contributed by atoms with Crippen molar-refractivity contribution < 1.29 is 9.90 Å². The van der Waals surface area contributed by atoms with Crippen molar-refractivity contribution in [1.82, 2.24) is 4.90 Å². The molecular formula is C12H15ClN2O2. The highest BCUT2D eigenvalue weighted by Gasteiger charge is 2.22. The van der Waals surface area contributed by atoms with Gasteiger partial charge in [-0.05, 0) is 25.0 Å². The lowest BCUT2D eigenvalue weighted by Crippen LogP contribution is -2.44. The molecule has 0 bridgehead atoms. The number of halogens is 1. The molecule has 2 rings (SSSR count). The van der Waals surface area contributed by atoms with Gasteiger partial charge in [0.2, 0.25) is 0 Å². The molecule has 1 fully saturated rings. The van der Waals surface area contributed by atoms with E-state index in [0.29, 0.717) is 23.8 Å². The molecular weight excluding hydrogens is 240 g/mol. The Kier molecular flexibility index (Phi) is 3.86. The molecule has 5 heteroatoms. The van der Waals surface area contributed by atoms with Crippen LogP contribution in [0.3, 0.4) is 0 Å². The van der Waals surface area contributed by atoms with Crippen LogP contribution in [0.1, 0.15) is 12.8 Å². The fourth-order valence-corrected chi connectivity index (χ4v) is 2.08. The zero-order valence-corrected chi connectivity index (χ0v) is 10.2. The van der Waals surface area contributed by atoms with Crippen LogP contribution in [0.25, 0.3) is 0 Å². The van der Waals surface area contributed by atoms with Crippen LogP contribution in [0.4, 0.5) is 10.5 Å². The lowest BCUT2D eigenvalue weighted by Gasteiger charge is -2.30. The molecule has 1 aromatic carbocycles. The number of urea groups is 1. The summed E-state index contributed by atoms with van der Waals surface area (Å²) in [6.45, 7) is 1.06. The first-order valence-electron chi connectivity index (χ1n) is 5.65. The maximum absolute atomic E-state index is 11.9. The SMILES string of the molecule is O=C(Nc1ccccc1Cl)N1CCC[C@H](O)C1. The van der Waals surface area contributed by atoms with Gasteiger partial charge in [0.1, 0.15) is 0 Å². The number of amides is 2. The molecule has 1 heterocycles. The van der Waals surface area contributed by atoms with E-state index in [4.69, 9.17) is 11.6 Å². The average Bonchev–Trinajstić information content (AvgIpc) is 2.32. The lowest BCUT2D eigenvalue weighted by molar-refractivity contribution is 0.0883. The third-order valence-corrected chi connectivity index (χ3v) is 3.13. The molecule has 0 aromatic heterocycles. The number of hydrogen-bond acceptors (Lipinski definition) is 2. The van der Waals surface area contributed by atoms with Crippen LogP contribution >= 0.6 is 11.6 Å². The van der Waals surface area contributed by atoms with E-state index in [1.807, 2.05) is 12.1 Å². The molecule has 0 saturated carbocycles. The number of para-hydroxylation sites is 1. The van der Waals surface area contributed by atoms with Gasteiger partial charge in [0.15, 0.2) is 0 Å². The summed E-state index contributed by atoms with van der Waals surface area (Å²) in [4.78, 5) is 13.5. The monoisotopic (exact) mass is 254 g/mol. The number of likely N-dealkylation sites (tertiary alicyclic amines) is 1. The van der Waals surface area contributed by atoms with Crippen LogP contribution in [0.2, 0.25) is 5.02 Å². The standard InChI is InChI=1S/C12H15ClN2O2/c13-10-5-1-2-6-11(10)14-12(17)15-7-3-4-9(16)8-15/h1-2,5-6,9,16H,3-4,7-8H2,(H,14,17)/t9-/m0/s1. The molecule has 2 amide bonds. The number of aliphatic hydroxyl groups is 1. The van der Waals surface area contributed by atoms with Gasteiger partial charge in [0.25, 0.3) is 0 Å². The molecule has 1 aliphatic heterocycles. The molecule has 1 atom stereocenters. The maximum atomic E-state index is 11.9. The van der Waals surface area contributed by atoms with Gasteiger partial charge in [-0.2, -0.15) is 0 Å². The van der Waals surface area contributed by atoms with Crippen LogP contribution in [-0.4, -0.2) is 35.2 Å². The Morgan fingerprint density at radius 2 is 2.24 bits per heavy atom. The van der Waals surface area contributed by atoms with Gasteiger partial charge in [0, 0.05) is 13.1 Å². The minimum absolute atomic E-state index is 0.211. The third-order valence-electron chi connectivity index (χ3n) is 2.80. The number of nitrogens with one attached hydrogen (secondary N) is 1. The first-order chi connectivity index (χ1) is 8.16. The van der Waals surface area contributed by atoms with E-state index in [9.17, 15) is 9.90 Å². The second-order valence-electron chi connectivity index (χ2n) is 4.15. The number of β-amino-alcohol motifs (C(OH)–C–C–N with tert-alkyl or cyclic N) is 1. The average molecular weight is 255 g/mol. The summed E-state index contributed by atoms with van der Waals surface area (Å²) in [6.07, 6.45) is 1.17. The topological polar surface area (TPSA) is 52.6 Å². The second-order valence-corrected chi connectivity index (χ2v) is 4.56. The number of carbonyl (C=O) groups is 1. The normalized spacial score (nSPS) is 20.1. The molecule has 1 saturated heterocycles. The van der Waals surface area contributed by atoms with Gasteiger partial charge in [0.05, 0.1) is 16.8 Å². The third kappa shape index (κ3) is 3.11. The molecule has 17 heavy (non-hydrogen) atoms. The molecule has 0 aliphatic carbocycles. The number of carbonyl (C=O) groups excluding carboxylic acids is 1. The van der Waals surface area contributed by atoms with Gasteiger partial charge in [-0.1, -0.05) is 23.7 Å². The molecule has 92 valence electrons. The molecule has 0 spiro atoms. The number of nitrogens with zero attached hydrogens (tertiary/aromatic N) is 1. The quantitative estimate of drug-likeness (QED) is 0.808. The fourth-order valence-electron chi connectivity index (χ4n) is 1.90. The second kappa shape index (κ2) is 5.38. The van der Waals surface area contributed by atoms with Crippen molar-refractivity contribution in [3.8, 4) is 0 Å². The molecule has 0 unspecified atom stereocenters. The highest BCUT2D eigenvalue weighted by molar-refractivity contribution is 6.33. The Morgan fingerprint density at radius 3 is 2.94 bits per heavy atom. The number of hydrogen-bond donors (Lipinski definition) is 2. The number of aliphatic hydroxyl groups excluding tert-OH is 1. The highest BCUT2D eigenvalue weighted by atomic mass is 35.5. The van der Waals surface area contributed by atoms with E-state index in [2.05, 4.69) is 5.32 Å². The summed E-state index contributed by atoms with van der Waals surface area (Å²) < 4.78 is 0. The van der Waals surface area contributed by atoms with Crippen molar-refractivity contribution >= 4 is 23.3 Å². The maximum Gasteiger partial charge on any atom is 0.321 e. The van der Waals surface area contributed by atoms with Crippen molar-refractivity contribution in [2.75, 3.05) is 18.4 Å². The molecule has 1 aromatic rings. The van der Waals surface area contributed by atoms with Crippen molar-refractivity contribution in [3.05, 3.63) is 29.3 Å². The summed E-state index contributed by atoms with van der Waals surface area (Å²) >= 11 is 5.95. The molecule has 1 aliphatic rings. The Labute approximate surface area is 105 Å². The smallest absolute Gasteiger partial charge is 0.321 e. The summed E-state index contributed by atoms with van der Waals surface area (Å²) in [5, 5.41) is 12.8. The van der Waals surface area contributed by atoms with Gasteiger partial charge in [-0.3, -0.25) is 0 Å². The Bertz CT molecular complexity index is 411. The lowest BCUT2D eigenvalue weighted by atomic mass is 10.1. The largest absolute Gasteiger partial charge is 0.391 e. The zero-order valence-electron chi connectivity index (χ0n) is 9.40. The Hall–Kier alpha value is -1.26. The predicted molar refractivity (Wildman–Crippen MR) is 67.3 cm³/mol. The number of benzene rings is 1. The minimum atomic E-state index is -0.416. The number of anilines is 1. The van der Waals surface area contributed by atoms with Gasteiger partial charge in [-0.25, -0.2) is 4.79 Å². The predicted octanol–water partition coefficient (Wildman–Crippen LogP) is 2.33. The first-order valence-corrected chi connectivity index (χ1v) is 6.03. The van der Waals surface area contributed by atoms with E-state index in [1.165, 1.54) is 0 Å². The number of piperidine rings is 1. The van der Waals surface area contributed by atoms with E-state index < -0.39 is 6.10 Å². The van der Waals surface area contributed by atoms with Crippen molar-refractivity contribution in [1.29, 1.82) is 0 Å². The summed E-state index contributed by atoms with van der Waals surface area (Å²) in [6, 6.07) is 6.88. The van der Waals surface area contributed by atoms with Gasteiger partial charge < -0.3 is 15.3 Å². The van der Waals surface area contributed by atoms with Crippen molar-refractivity contribution in [2.45, 2.75) is 18.9 Å². The Balaban J connectivity index is 1.99. The molecule has 4 nitrogen and oxygen atoms in total. The van der Waals surface area contributed by atoms with Crippen LogP contribution in [-0.2, 0) is 0 Å². The van der Waals surface area contributed by atoms with Crippen LogP contribution < -0.4 is 5.32 Å². The van der Waals surface area contributed by atoms with E-state index >= 15 is 0 Å². The molecule has 2 N–H and O–H groups in total. The summed E-state index contributed by atoms with van der Waals surface area (Å²) in [5.41, 5.74) is 0.597. The zero-order chi connectivity index (χ0) is 12.3. The van der Waals surface area contributed by atoms with E-state index in [1.54, 1.807) is 17.0 Å². The van der Waals surface area contributed by atoms with Crippen molar-refractivity contribution in [3.63, 3.8) is 0 Å². The summed E-state index contributed by atoms with van der Waals surface area (Å²) in [7, 11) is 0. The number of rotatable bonds is 1. The van der Waals surface area contributed by atoms with E-state index in [-0.39, 0.29) is 6.03 Å². The highest BCUT2D eigenvalue weighted by Crippen LogP contribution is 2.21. The summed E-state index contributed by atoms with van der Waals surface area (Å²) in [5.74, 6) is 0. The fraction of sp³-hybridized carbons (Fsp3) is 0.417. The Morgan fingerprint density at radius 1 is 1.47 bits per heavy atom. The van der Waals surface area contributed by atoms with Crippen LogP contribution in [0.5, 0.6) is 0 Å². The van der Waals surface area contributed by atoms with Crippen LogP contribution in [0, 0.1) is 0 Å². The van der Waals surface area contributed by atoms with E-state index in [0.717, 1.165) is 12.8 Å². The van der Waals surface area contributed by atoms with Crippen molar-refractivity contribution in [2.24, 2.45) is 0 Å². The molecule has 0 radical (unpaired) electrons. The van der Waals surface area contributed by atoms with Gasteiger partial charge >= 0.3 is 6.03 Å².